The SMILES string of the molecule is CC/C=C\C/C=C\C/C=C\C/C=C\C/C=C\CCCCCCCCCCCC(=O)NC(COC1OC(CO)C(OC2OC(CO)C(O)C(O)C2O)C(O)C1O)C(O)/C=C/CC/C=C/CC/C=C/CCCCCCCCCCCCCCCC. The van der Waals surface area contributed by atoms with Gasteiger partial charge in [-0.05, 0) is 89.9 Å². The standard InChI is InChI=1S/C69H119NO13/c1-3-5-7-9-11-13-15-17-19-21-23-25-27-29-31-33-35-37-39-41-43-45-47-49-51-53-61(74)70-57(56-80-68-66(79)64(77)67(60(55-72)82-68)83-69-65(78)63(76)62(75)59(54-71)81-69)58(73)52-50-48-46-44-42-40-38-36-34-32-30-28-26-24-22-20-18-16-14-12-10-8-6-4-2/h5,7,11,13,17,19,23,25,29,31,34,36,42,44,50,52,57-60,62-69,71-73,75-79H,3-4,6,8-10,12,14-16,18,20-22,24,26-28,30,32-33,35,37-41,43,45-49,51,53-56H2,1-2H3,(H,70,74)/b7-5-,13-11-,19-17-,25-23-,31-29-,36-34+,44-42+,52-50+. The van der Waals surface area contributed by atoms with Gasteiger partial charge in [-0.1, -0.05) is 239 Å². The Morgan fingerprint density at radius 1 is 0.446 bits per heavy atom. The molecular formula is C69H119NO13. The van der Waals surface area contributed by atoms with Crippen molar-refractivity contribution < 1.29 is 64.6 Å². The highest BCUT2D eigenvalue weighted by Gasteiger charge is 2.51. The van der Waals surface area contributed by atoms with E-state index in [-0.39, 0.29) is 18.9 Å². The normalized spacial score (nSPS) is 24.5. The van der Waals surface area contributed by atoms with Crippen molar-refractivity contribution in [3.05, 3.63) is 97.2 Å². The zero-order valence-corrected chi connectivity index (χ0v) is 51.7. The van der Waals surface area contributed by atoms with E-state index in [1.54, 1.807) is 6.08 Å². The number of nitrogens with one attached hydrogen (secondary N) is 1. The molecule has 1 amide bonds. The maximum Gasteiger partial charge on any atom is 0.220 e. The summed E-state index contributed by atoms with van der Waals surface area (Å²) >= 11 is 0. The van der Waals surface area contributed by atoms with E-state index >= 15 is 0 Å². The highest BCUT2D eigenvalue weighted by atomic mass is 16.7. The summed E-state index contributed by atoms with van der Waals surface area (Å²) in [4.78, 5) is 13.3. The van der Waals surface area contributed by atoms with Gasteiger partial charge in [0.1, 0.15) is 48.8 Å². The summed E-state index contributed by atoms with van der Waals surface area (Å²) in [5.74, 6) is -0.262. The molecule has 2 fully saturated rings. The lowest BCUT2D eigenvalue weighted by atomic mass is 9.97. The van der Waals surface area contributed by atoms with Crippen LogP contribution in [0.3, 0.4) is 0 Å². The van der Waals surface area contributed by atoms with Crippen LogP contribution in [0.1, 0.15) is 239 Å². The molecule has 2 aliphatic heterocycles. The number of amides is 1. The van der Waals surface area contributed by atoms with Crippen LogP contribution in [-0.4, -0.2) is 140 Å². The van der Waals surface area contributed by atoms with Gasteiger partial charge in [-0.2, -0.15) is 0 Å². The summed E-state index contributed by atoms with van der Waals surface area (Å²) in [7, 11) is 0. The van der Waals surface area contributed by atoms with Crippen molar-refractivity contribution in [3.8, 4) is 0 Å². The van der Waals surface area contributed by atoms with E-state index in [1.807, 2.05) is 6.08 Å². The summed E-state index contributed by atoms with van der Waals surface area (Å²) in [5, 5.41) is 87.3. The first-order valence-corrected chi connectivity index (χ1v) is 33.0. The molecule has 478 valence electrons. The molecule has 14 heteroatoms. The van der Waals surface area contributed by atoms with Crippen LogP contribution in [0.4, 0.5) is 0 Å². The van der Waals surface area contributed by atoms with Gasteiger partial charge in [-0.25, -0.2) is 0 Å². The number of hydrogen-bond acceptors (Lipinski definition) is 13. The van der Waals surface area contributed by atoms with Gasteiger partial charge in [-0.15, -0.1) is 0 Å². The second-order valence-electron chi connectivity index (χ2n) is 22.8. The number of ether oxygens (including phenoxy) is 4. The van der Waals surface area contributed by atoms with Crippen molar-refractivity contribution in [2.24, 2.45) is 0 Å². The van der Waals surface area contributed by atoms with Gasteiger partial charge in [0.05, 0.1) is 32.0 Å². The predicted octanol–water partition coefficient (Wildman–Crippen LogP) is 12.6. The second-order valence-corrected chi connectivity index (χ2v) is 22.8. The van der Waals surface area contributed by atoms with Crippen LogP contribution < -0.4 is 5.32 Å². The average molecular weight is 1170 g/mol. The molecule has 9 N–H and O–H groups in total. The minimum Gasteiger partial charge on any atom is -0.394 e. The Bertz CT molecular complexity index is 1760. The number of aliphatic hydroxyl groups excluding tert-OH is 8. The van der Waals surface area contributed by atoms with Crippen molar-refractivity contribution in [1.29, 1.82) is 0 Å². The maximum absolute atomic E-state index is 13.3. The van der Waals surface area contributed by atoms with E-state index in [1.165, 1.54) is 122 Å². The van der Waals surface area contributed by atoms with Gasteiger partial charge < -0.3 is 65.1 Å². The van der Waals surface area contributed by atoms with Crippen molar-refractivity contribution in [2.75, 3.05) is 19.8 Å². The molecule has 2 saturated heterocycles. The molecule has 12 unspecified atom stereocenters. The maximum atomic E-state index is 13.3. The molecule has 14 nitrogen and oxygen atoms in total. The van der Waals surface area contributed by atoms with E-state index in [9.17, 15) is 45.6 Å². The molecule has 2 rings (SSSR count). The van der Waals surface area contributed by atoms with Gasteiger partial charge in [0.2, 0.25) is 5.91 Å². The Balaban J connectivity index is 1.75. The molecule has 0 bridgehead atoms. The predicted molar refractivity (Wildman–Crippen MR) is 336 cm³/mol. The number of allylic oxidation sites excluding steroid dienone is 15. The van der Waals surface area contributed by atoms with E-state index in [0.717, 1.165) is 83.5 Å². The number of hydrogen-bond donors (Lipinski definition) is 9. The summed E-state index contributed by atoms with van der Waals surface area (Å²) in [6.45, 7) is 2.66. The van der Waals surface area contributed by atoms with E-state index in [2.05, 4.69) is 104 Å². The van der Waals surface area contributed by atoms with E-state index < -0.39 is 86.8 Å². The summed E-state index contributed by atoms with van der Waals surface area (Å²) in [6, 6.07) is -0.949. The highest BCUT2D eigenvalue weighted by Crippen LogP contribution is 2.30. The smallest absolute Gasteiger partial charge is 0.220 e. The fourth-order valence-electron chi connectivity index (χ4n) is 10.2. The molecule has 2 aliphatic rings. The Kier molecular flexibility index (Phi) is 48.7. The Hall–Kier alpha value is -3.09. The third-order valence-electron chi connectivity index (χ3n) is 15.5. The van der Waals surface area contributed by atoms with Crippen LogP contribution in [0, 0.1) is 0 Å². The molecule has 0 radical (unpaired) electrons. The number of unbranched alkanes of at least 4 members (excludes halogenated alkanes) is 25. The Morgan fingerprint density at radius 2 is 0.843 bits per heavy atom. The lowest BCUT2D eigenvalue weighted by molar-refractivity contribution is -0.359. The second kappa shape index (κ2) is 53.2. The van der Waals surface area contributed by atoms with Crippen LogP contribution >= 0.6 is 0 Å². The Labute approximate surface area is 503 Å². The van der Waals surface area contributed by atoms with Gasteiger partial charge in [-0.3, -0.25) is 4.79 Å². The summed E-state index contributed by atoms with van der Waals surface area (Å²) in [5.41, 5.74) is 0. The van der Waals surface area contributed by atoms with Gasteiger partial charge in [0.15, 0.2) is 12.6 Å². The summed E-state index contributed by atoms with van der Waals surface area (Å²) < 4.78 is 22.8. The fourth-order valence-corrected chi connectivity index (χ4v) is 10.2. The minimum absolute atomic E-state index is 0.257. The first-order valence-electron chi connectivity index (χ1n) is 33.0. The number of rotatable bonds is 52. The first-order chi connectivity index (χ1) is 40.6. The van der Waals surface area contributed by atoms with E-state index in [4.69, 9.17) is 18.9 Å². The van der Waals surface area contributed by atoms with Crippen molar-refractivity contribution in [3.63, 3.8) is 0 Å². The zero-order chi connectivity index (χ0) is 60.2. The largest absolute Gasteiger partial charge is 0.394 e. The lowest BCUT2D eigenvalue weighted by Crippen LogP contribution is -2.65. The number of carbonyl (C=O) groups excluding carboxylic acids is 1. The van der Waals surface area contributed by atoms with Crippen LogP contribution in [0.15, 0.2) is 97.2 Å². The molecule has 2 heterocycles. The molecule has 0 spiro atoms. The van der Waals surface area contributed by atoms with Gasteiger partial charge in [0.25, 0.3) is 0 Å². The third kappa shape index (κ3) is 37.9. The van der Waals surface area contributed by atoms with Gasteiger partial charge >= 0.3 is 0 Å². The molecule has 0 aliphatic carbocycles. The molecule has 0 saturated carbocycles. The van der Waals surface area contributed by atoms with Crippen molar-refractivity contribution in [2.45, 2.75) is 312 Å². The molecule has 83 heavy (non-hydrogen) atoms. The van der Waals surface area contributed by atoms with Crippen molar-refractivity contribution in [1.82, 2.24) is 5.32 Å². The van der Waals surface area contributed by atoms with Crippen LogP contribution in [-0.2, 0) is 23.7 Å². The monoisotopic (exact) mass is 1170 g/mol. The highest BCUT2D eigenvalue weighted by molar-refractivity contribution is 5.76. The molecular weight excluding hydrogens is 1050 g/mol. The van der Waals surface area contributed by atoms with Gasteiger partial charge in [0, 0.05) is 6.42 Å². The zero-order valence-electron chi connectivity index (χ0n) is 51.7. The first kappa shape index (κ1) is 76.0. The van der Waals surface area contributed by atoms with E-state index in [0.29, 0.717) is 12.8 Å². The average Bonchev–Trinajstić information content (AvgIpc) is 3.65. The Morgan fingerprint density at radius 3 is 1.33 bits per heavy atom. The quantitative estimate of drug-likeness (QED) is 0.0204. The number of carbonyl (C=O) groups is 1. The molecule has 12 atom stereocenters. The molecule has 0 aromatic carbocycles. The van der Waals surface area contributed by atoms with Crippen LogP contribution in [0.5, 0.6) is 0 Å². The van der Waals surface area contributed by atoms with Crippen LogP contribution in [0.25, 0.3) is 0 Å². The van der Waals surface area contributed by atoms with Crippen molar-refractivity contribution >= 4 is 5.91 Å². The lowest BCUT2D eigenvalue weighted by Gasteiger charge is -2.46. The third-order valence-corrected chi connectivity index (χ3v) is 15.5. The van der Waals surface area contributed by atoms with Crippen LogP contribution in [0.2, 0.25) is 0 Å². The molecule has 0 aromatic rings. The number of aliphatic hydroxyl groups is 8. The summed E-state index contributed by atoms with van der Waals surface area (Å²) in [6.07, 6.45) is 57.3. The fraction of sp³-hybridized carbons (Fsp3) is 0.754. The minimum atomic E-state index is -1.80. The topological polar surface area (TPSA) is 228 Å². The molecule has 0 aromatic heterocycles.